The van der Waals surface area contributed by atoms with E-state index in [4.69, 9.17) is 29.9 Å². The van der Waals surface area contributed by atoms with Crippen molar-refractivity contribution in [2.24, 2.45) is 0 Å². The molecule has 2 aromatic heterocycles. The monoisotopic (exact) mass is 1170 g/mol. The molecule has 2 bridgehead atoms. The summed E-state index contributed by atoms with van der Waals surface area (Å²) in [7, 11) is 0. The Hall–Kier alpha value is -12.1. The summed E-state index contributed by atoms with van der Waals surface area (Å²) in [6.07, 6.45) is 0. The quantitative estimate of drug-likeness (QED) is 0.121. The molecule has 3 aliphatic rings. The van der Waals surface area contributed by atoms with Crippen molar-refractivity contribution in [1.29, 1.82) is 0 Å². The molecule has 0 aliphatic heterocycles. The molecule has 0 spiro atoms. The molecule has 0 N–H and O–H groups in total. The van der Waals surface area contributed by atoms with Gasteiger partial charge in [-0.15, -0.1) is 0 Å². The lowest BCUT2D eigenvalue weighted by molar-refractivity contribution is 0.755. The number of benzene rings is 13. The molecule has 2 unspecified atom stereocenters. The minimum atomic E-state index is 0.0946. The first-order chi connectivity index (χ1) is 45.6. The summed E-state index contributed by atoms with van der Waals surface area (Å²) in [5, 5.41) is 0. The Morgan fingerprint density at radius 2 is 0.359 bits per heavy atom. The van der Waals surface area contributed by atoms with Crippen molar-refractivity contribution in [3.8, 4) is 135 Å². The van der Waals surface area contributed by atoms with Crippen LogP contribution in [0.4, 0.5) is 0 Å². The van der Waals surface area contributed by atoms with E-state index in [0.29, 0.717) is 34.9 Å². The lowest BCUT2D eigenvalue weighted by atomic mass is 9.60. The molecule has 3 aliphatic carbocycles. The Bertz CT molecular complexity index is 4900. The van der Waals surface area contributed by atoms with Gasteiger partial charge in [0.1, 0.15) is 0 Å². The highest BCUT2D eigenvalue weighted by atomic mass is 15.0. The van der Waals surface area contributed by atoms with Crippen molar-refractivity contribution >= 4 is 0 Å². The smallest absolute Gasteiger partial charge is 0.164 e. The number of hydrogen-bond acceptors (Lipinski definition) is 6. The third-order valence-electron chi connectivity index (χ3n) is 18.3. The van der Waals surface area contributed by atoms with E-state index < -0.39 is 0 Å². The van der Waals surface area contributed by atoms with Gasteiger partial charge in [0.05, 0.1) is 0 Å². The highest BCUT2D eigenvalue weighted by Crippen LogP contribution is 2.57. The Labute approximate surface area is 534 Å². The van der Waals surface area contributed by atoms with E-state index in [1.54, 1.807) is 0 Å². The molecule has 6 nitrogen and oxygen atoms in total. The van der Waals surface area contributed by atoms with E-state index in [1.807, 2.05) is 48.5 Å². The van der Waals surface area contributed by atoms with Crippen LogP contribution >= 0.6 is 0 Å². The maximum absolute atomic E-state index is 5.23. The van der Waals surface area contributed by atoms with Crippen LogP contribution in [0.5, 0.6) is 0 Å². The fraction of sp³-hybridized carbons (Fsp3) is 0.0233. The van der Waals surface area contributed by atoms with Crippen molar-refractivity contribution in [2.45, 2.75) is 11.8 Å². The molecule has 430 valence electrons. The minimum Gasteiger partial charge on any atom is -0.208 e. The van der Waals surface area contributed by atoms with Gasteiger partial charge in [0, 0.05) is 45.2 Å². The zero-order valence-electron chi connectivity index (χ0n) is 50.0. The van der Waals surface area contributed by atoms with Crippen LogP contribution in [0.15, 0.2) is 328 Å². The van der Waals surface area contributed by atoms with Crippen LogP contribution in [-0.4, -0.2) is 29.9 Å². The summed E-state index contributed by atoms with van der Waals surface area (Å²) in [5.41, 5.74) is 27.4. The molecule has 0 fully saturated rings. The Balaban J connectivity index is 0.670. The number of hydrogen-bond donors (Lipinski definition) is 0. The van der Waals surface area contributed by atoms with Gasteiger partial charge in [0.2, 0.25) is 0 Å². The highest BCUT2D eigenvalue weighted by molar-refractivity contribution is 5.86. The Kier molecular flexibility index (Phi) is 13.6. The van der Waals surface area contributed by atoms with Crippen LogP contribution in [0.3, 0.4) is 0 Å². The molecule has 0 saturated carbocycles. The lowest BCUT2D eigenvalue weighted by Crippen LogP contribution is -2.27. The molecule has 0 saturated heterocycles. The van der Waals surface area contributed by atoms with E-state index in [-0.39, 0.29) is 11.8 Å². The first-order valence-electron chi connectivity index (χ1n) is 31.3. The normalized spacial score (nSPS) is 13.4. The Morgan fingerprint density at radius 1 is 0.141 bits per heavy atom. The molecule has 0 amide bonds. The van der Waals surface area contributed by atoms with E-state index in [0.717, 1.165) is 66.8 Å². The van der Waals surface area contributed by atoms with Gasteiger partial charge in [-0.25, -0.2) is 29.9 Å². The molecule has 13 aromatic carbocycles. The van der Waals surface area contributed by atoms with Gasteiger partial charge in [-0.1, -0.05) is 315 Å². The van der Waals surface area contributed by atoms with Crippen LogP contribution in [0.1, 0.15) is 45.2 Å². The third-order valence-corrected chi connectivity index (χ3v) is 18.3. The van der Waals surface area contributed by atoms with Gasteiger partial charge in [-0.05, 0) is 112 Å². The van der Waals surface area contributed by atoms with Crippen molar-refractivity contribution in [1.82, 2.24) is 29.9 Å². The standard InChI is InChI=1S/C86H56N6/c1-5-19-55(20-6-1)57-33-41-61(42-34-57)69-27-13-17-31-75(69)85-89-81(63-23-9-3-10-24-63)87-83(91-85)65-45-37-59(38-46-65)67-49-51-73-77(53-67)79-71-29-15-16-30-72(71)80(73)78-54-68(50-52-74(78)79)60-39-47-66(48-40-60)84-88-82(64-25-11-4-12-26-64)90-86(92-84)76-32-18-14-28-70(76)62-43-35-58(36-44-62)56-21-7-2-8-22-56/h1-54,79-80H. The van der Waals surface area contributed by atoms with E-state index in [2.05, 4.69) is 279 Å². The second-order valence-electron chi connectivity index (χ2n) is 23.7. The summed E-state index contributed by atoms with van der Waals surface area (Å²) >= 11 is 0. The van der Waals surface area contributed by atoms with Crippen molar-refractivity contribution in [3.05, 3.63) is 361 Å². The summed E-state index contributed by atoms with van der Waals surface area (Å²) in [4.78, 5) is 31.0. The topological polar surface area (TPSA) is 77.3 Å². The van der Waals surface area contributed by atoms with Gasteiger partial charge in [0.25, 0.3) is 0 Å². The third kappa shape index (κ3) is 9.97. The predicted octanol–water partition coefficient (Wildman–Crippen LogP) is 21.0. The molecule has 0 radical (unpaired) electrons. The first kappa shape index (κ1) is 54.1. The summed E-state index contributed by atoms with van der Waals surface area (Å²) in [6.45, 7) is 0. The SMILES string of the molecule is c1ccc(-c2ccc(-c3ccccc3-c3nc(-c4ccccc4)nc(-c4ccc(-c5ccc6c(c5)C5c7ccccc7C6c6cc(-c7ccc(-c8nc(-c9ccccc9)nc(-c9ccccc9-c9ccc(-c%10ccccc%10)cc9)n8)cc7)ccc65)cc4)n3)cc2)cc1. The zero-order chi connectivity index (χ0) is 60.9. The average Bonchev–Trinajstić information content (AvgIpc) is 0.710. The largest absolute Gasteiger partial charge is 0.208 e. The van der Waals surface area contributed by atoms with Crippen molar-refractivity contribution < 1.29 is 0 Å². The lowest BCUT2D eigenvalue weighted by Gasteiger charge is -2.42. The molecule has 18 rings (SSSR count). The van der Waals surface area contributed by atoms with Gasteiger partial charge < -0.3 is 0 Å². The van der Waals surface area contributed by atoms with Gasteiger partial charge in [0.15, 0.2) is 34.9 Å². The molecule has 15 aromatic rings. The highest BCUT2D eigenvalue weighted by Gasteiger charge is 2.41. The van der Waals surface area contributed by atoms with Gasteiger partial charge >= 0.3 is 0 Å². The van der Waals surface area contributed by atoms with E-state index in [9.17, 15) is 0 Å². The second-order valence-corrected chi connectivity index (χ2v) is 23.7. The van der Waals surface area contributed by atoms with Crippen LogP contribution in [-0.2, 0) is 0 Å². The fourth-order valence-electron chi connectivity index (χ4n) is 13.7. The molecule has 92 heavy (non-hydrogen) atoms. The minimum absolute atomic E-state index is 0.0946. The summed E-state index contributed by atoms with van der Waals surface area (Å²) in [5.74, 6) is 3.93. The number of rotatable bonds is 12. The van der Waals surface area contributed by atoms with Crippen LogP contribution in [0.25, 0.3) is 135 Å². The van der Waals surface area contributed by atoms with Crippen molar-refractivity contribution in [2.75, 3.05) is 0 Å². The van der Waals surface area contributed by atoms with Crippen LogP contribution in [0.2, 0.25) is 0 Å². The zero-order valence-corrected chi connectivity index (χ0v) is 50.0. The maximum atomic E-state index is 5.23. The Morgan fingerprint density at radius 3 is 0.707 bits per heavy atom. The van der Waals surface area contributed by atoms with Crippen LogP contribution < -0.4 is 0 Å². The summed E-state index contributed by atoms with van der Waals surface area (Å²) in [6, 6.07) is 116. The molecule has 2 atom stereocenters. The predicted molar refractivity (Wildman–Crippen MR) is 373 cm³/mol. The number of nitrogens with zero attached hydrogens (tertiary/aromatic N) is 6. The van der Waals surface area contributed by atoms with Crippen molar-refractivity contribution in [3.63, 3.8) is 0 Å². The van der Waals surface area contributed by atoms with Gasteiger partial charge in [-0.2, -0.15) is 0 Å². The summed E-state index contributed by atoms with van der Waals surface area (Å²) < 4.78 is 0. The van der Waals surface area contributed by atoms with E-state index in [1.165, 1.54) is 66.8 Å². The maximum Gasteiger partial charge on any atom is 0.164 e. The molecule has 6 heteroatoms. The molecular formula is C86H56N6. The average molecular weight is 1170 g/mol. The first-order valence-corrected chi connectivity index (χ1v) is 31.3. The number of aromatic nitrogens is 6. The fourth-order valence-corrected chi connectivity index (χ4v) is 13.7. The molecular weight excluding hydrogens is 1120 g/mol. The van der Waals surface area contributed by atoms with Gasteiger partial charge in [-0.3, -0.25) is 0 Å². The molecule has 2 heterocycles. The van der Waals surface area contributed by atoms with Crippen LogP contribution in [0, 0.1) is 0 Å². The second kappa shape index (κ2) is 23.1. The van der Waals surface area contributed by atoms with E-state index >= 15 is 0 Å².